The fourth-order valence-electron chi connectivity index (χ4n) is 1.81. The molecule has 3 rings (SSSR count). The molecule has 3 aromatic rings. The lowest BCUT2D eigenvalue weighted by molar-refractivity contribution is 0.0957. The molecule has 0 bridgehead atoms. The first-order valence-electron chi connectivity index (χ1n) is 6.46. The number of hydrogen-bond acceptors (Lipinski definition) is 7. The fourth-order valence-corrected chi connectivity index (χ4v) is 3.25. The summed E-state index contributed by atoms with van der Waals surface area (Å²) in [5, 5.41) is 23.6. The highest BCUT2D eigenvalue weighted by molar-refractivity contribution is 7.99. The zero-order valence-electron chi connectivity index (χ0n) is 11.7. The molecule has 10 heteroatoms. The van der Waals surface area contributed by atoms with E-state index in [1.165, 1.54) is 11.8 Å². The van der Waals surface area contributed by atoms with E-state index in [1.54, 1.807) is 29.3 Å². The summed E-state index contributed by atoms with van der Waals surface area (Å²) in [6.45, 7) is 0.519. The topological polar surface area (TPSA) is 101 Å². The molecule has 0 atom stereocenters. The number of aryl methyl sites for hydroxylation is 1. The molecule has 0 unspecified atom stereocenters. The van der Waals surface area contributed by atoms with Crippen LogP contribution in [0.1, 0.15) is 10.4 Å². The zero-order valence-corrected chi connectivity index (χ0v) is 13.3. The Bertz CT molecular complexity index is 749. The SMILES string of the molecule is Cn1nnnc1SCCNC(=O)c1cn[nH]c1-c1cccs1. The van der Waals surface area contributed by atoms with Crippen molar-refractivity contribution < 1.29 is 4.79 Å². The second kappa shape index (κ2) is 6.71. The van der Waals surface area contributed by atoms with Crippen molar-refractivity contribution in [1.82, 2.24) is 35.7 Å². The molecule has 0 radical (unpaired) electrons. The van der Waals surface area contributed by atoms with Crippen LogP contribution in [0.2, 0.25) is 0 Å². The van der Waals surface area contributed by atoms with Crippen molar-refractivity contribution in [1.29, 1.82) is 0 Å². The maximum absolute atomic E-state index is 12.2. The van der Waals surface area contributed by atoms with Gasteiger partial charge in [-0.2, -0.15) is 5.10 Å². The molecule has 0 spiro atoms. The van der Waals surface area contributed by atoms with Crippen LogP contribution in [0.25, 0.3) is 10.6 Å². The van der Waals surface area contributed by atoms with E-state index in [2.05, 4.69) is 31.0 Å². The highest BCUT2D eigenvalue weighted by Crippen LogP contribution is 2.25. The van der Waals surface area contributed by atoms with E-state index in [-0.39, 0.29) is 5.91 Å². The molecule has 3 aromatic heterocycles. The number of rotatable bonds is 6. The second-order valence-electron chi connectivity index (χ2n) is 4.33. The third-order valence-corrected chi connectivity index (χ3v) is 4.75. The molecule has 1 amide bonds. The van der Waals surface area contributed by atoms with Gasteiger partial charge in [0.05, 0.1) is 22.3 Å². The number of H-pyrrole nitrogens is 1. The molecule has 0 aliphatic carbocycles. The summed E-state index contributed by atoms with van der Waals surface area (Å²) < 4.78 is 1.59. The Kier molecular flexibility index (Phi) is 4.49. The highest BCUT2D eigenvalue weighted by Gasteiger charge is 2.15. The molecular weight excluding hydrogens is 322 g/mol. The number of nitrogens with one attached hydrogen (secondary N) is 2. The summed E-state index contributed by atoms with van der Waals surface area (Å²) in [4.78, 5) is 13.2. The number of amides is 1. The standard InChI is InChI=1S/C12H13N7OS2/c1-19-12(16-17-18-19)22-6-4-13-11(20)8-7-14-15-10(8)9-3-2-5-21-9/h2-3,5,7H,4,6H2,1H3,(H,13,20)(H,14,15). The summed E-state index contributed by atoms with van der Waals surface area (Å²) in [5.41, 5.74) is 1.30. The molecule has 0 aliphatic heterocycles. The van der Waals surface area contributed by atoms with Crippen LogP contribution in [0.3, 0.4) is 0 Å². The van der Waals surface area contributed by atoms with Gasteiger partial charge in [-0.25, -0.2) is 4.68 Å². The minimum atomic E-state index is -0.145. The average Bonchev–Trinajstić information content (AvgIpc) is 3.24. The van der Waals surface area contributed by atoms with Crippen LogP contribution >= 0.6 is 23.1 Å². The van der Waals surface area contributed by atoms with E-state index in [9.17, 15) is 4.79 Å². The van der Waals surface area contributed by atoms with Gasteiger partial charge in [-0.1, -0.05) is 17.8 Å². The number of hydrogen-bond donors (Lipinski definition) is 2. The van der Waals surface area contributed by atoms with Gasteiger partial charge in [-0.3, -0.25) is 9.89 Å². The third kappa shape index (κ3) is 3.17. The lowest BCUT2D eigenvalue weighted by Crippen LogP contribution is -2.25. The molecule has 2 N–H and O–H groups in total. The van der Waals surface area contributed by atoms with Crippen LogP contribution in [-0.4, -0.2) is 48.6 Å². The minimum absolute atomic E-state index is 0.145. The van der Waals surface area contributed by atoms with E-state index in [4.69, 9.17) is 0 Å². The lowest BCUT2D eigenvalue weighted by Gasteiger charge is -2.04. The van der Waals surface area contributed by atoms with Gasteiger partial charge in [0.25, 0.3) is 5.91 Å². The van der Waals surface area contributed by atoms with Crippen molar-refractivity contribution >= 4 is 29.0 Å². The van der Waals surface area contributed by atoms with Crippen molar-refractivity contribution in [2.24, 2.45) is 7.05 Å². The van der Waals surface area contributed by atoms with Gasteiger partial charge in [0.1, 0.15) is 0 Å². The van der Waals surface area contributed by atoms with Gasteiger partial charge in [0.15, 0.2) is 0 Å². The van der Waals surface area contributed by atoms with Crippen molar-refractivity contribution in [2.45, 2.75) is 5.16 Å². The predicted molar refractivity (Wildman–Crippen MR) is 83.8 cm³/mol. The highest BCUT2D eigenvalue weighted by atomic mass is 32.2. The Labute approximate surface area is 134 Å². The van der Waals surface area contributed by atoms with Crippen LogP contribution in [0, 0.1) is 0 Å². The van der Waals surface area contributed by atoms with E-state index in [0.29, 0.717) is 17.9 Å². The molecule has 0 aliphatic rings. The first kappa shape index (κ1) is 14.7. The van der Waals surface area contributed by atoms with Crippen LogP contribution in [-0.2, 0) is 7.05 Å². The third-order valence-electron chi connectivity index (χ3n) is 2.85. The van der Waals surface area contributed by atoms with Crippen LogP contribution in [0.15, 0.2) is 28.9 Å². The Hall–Kier alpha value is -2.20. The van der Waals surface area contributed by atoms with Gasteiger partial charge >= 0.3 is 0 Å². The van der Waals surface area contributed by atoms with Gasteiger partial charge in [-0.05, 0) is 21.9 Å². The number of tetrazole rings is 1. The van der Waals surface area contributed by atoms with Gasteiger partial charge in [0.2, 0.25) is 5.16 Å². The normalized spacial score (nSPS) is 10.8. The first-order chi connectivity index (χ1) is 10.8. The molecule has 8 nitrogen and oxygen atoms in total. The van der Waals surface area contributed by atoms with Crippen LogP contribution in [0.5, 0.6) is 0 Å². The van der Waals surface area contributed by atoms with Gasteiger partial charge in [0, 0.05) is 19.3 Å². The number of aromatic nitrogens is 6. The van der Waals surface area contributed by atoms with Crippen molar-refractivity contribution in [3.63, 3.8) is 0 Å². The maximum Gasteiger partial charge on any atom is 0.255 e. The molecule has 22 heavy (non-hydrogen) atoms. The number of carbonyl (C=O) groups excluding carboxylic acids is 1. The quantitative estimate of drug-likeness (QED) is 0.518. The van der Waals surface area contributed by atoms with E-state index in [1.807, 2.05) is 17.5 Å². The second-order valence-corrected chi connectivity index (χ2v) is 6.34. The van der Waals surface area contributed by atoms with Crippen molar-refractivity contribution in [3.8, 4) is 10.6 Å². The Morgan fingerprint density at radius 1 is 1.55 bits per heavy atom. The number of thiophene rings is 1. The molecular formula is C12H13N7OS2. The molecule has 114 valence electrons. The monoisotopic (exact) mass is 335 g/mol. The molecule has 0 fully saturated rings. The Balaban J connectivity index is 1.55. The van der Waals surface area contributed by atoms with Crippen LogP contribution < -0.4 is 5.32 Å². The number of nitrogens with zero attached hydrogens (tertiary/aromatic N) is 5. The van der Waals surface area contributed by atoms with Gasteiger partial charge in [-0.15, -0.1) is 16.4 Å². The summed E-state index contributed by atoms with van der Waals surface area (Å²) in [5.74, 6) is 0.542. The zero-order chi connectivity index (χ0) is 15.4. The first-order valence-corrected chi connectivity index (χ1v) is 8.33. The van der Waals surface area contributed by atoms with Crippen molar-refractivity contribution in [3.05, 3.63) is 29.3 Å². The average molecular weight is 335 g/mol. The summed E-state index contributed by atoms with van der Waals surface area (Å²) >= 11 is 3.05. The van der Waals surface area contributed by atoms with Gasteiger partial charge < -0.3 is 5.32 Å². The van der Waals surface area contributed by atoms with Crippen LogP contribution in [0.4, 0.5) is 0 Å². The lowest BCUT2D eigenvalue weighted by atomic mass is 10.2. The Morgan fingerprint density at radius 2 is 2.45 bits per heavy atom. The fraction of sp³-hybridized carbons (Fsp3) is 0.250. The van der Waals surface area contributed by atoms with Crippen molar-refractivity contribution in [2.75, 3.05) is 12.3 Å². The Morgan fingerprint density at radius 3 is 3.18 bits per heavy atom. The number of aromatic amines is 1. The minimum Gasteiger partial charge on any atom is -0.351 e. The number of thioether (sulfide) groups is 1. The summed E-state index contributed by atoms with van der Waals surface area (Å²) in [7, 11) is 1.78. The number of carbonyl (C=O) groups is 1. The molecule has 0 saturated carbocycles. The summed E-state index contributed by atoms with van der Waals surface area (Å²) in [6, 6.07) is 3.89. The van der Waals surface area contributed by atoms with E-state index < -0.39 is 0 Å². The van der Waals surface area contributed by atoms with E-state index in [0.717, 1.165) is 15.7 Å². The molecule has 0 saturated heterocycles. The molecule has 0 aromatic carbocycles. The smallest absolute Gasteiger partial charge is 0.255 e. The predicted octanol–water partition coefficient (Wildman–Crippen LogP) is 1.18. The maximum atomic E-state index is 12.2. The molecule has 3 heterocycles. The van der Waals surface area contributed by atoms with E-state index >= 15 is 0 Å². The summed E-state index contributed by atoms with van der Waals surface area (Å²) in [6.07, 6.45) is 1.55. The largest absolute Gasteiger partial charge is 0.351 e.